The molecular formula is C9H8BrClO2. The molecule has 70 valence electrons. The van der Waals surface area contributed by atoms with Crippen LogP contribution in [0.1, 0.15) is 10.9 Å². The fourth-order valence-corrected chi connectivity index (χ4v) is 1.84. The van der Waals surface area contributed by atoms with Crippen molar-refractivity contribution >= 4 is 33.5 Å². The number of hydrogen-bond acceptors (Lipinski definition) is 2. The summed E-state index contributed by atoms with van der Waals surface area (Å²) in [7, 11) is 1.31. The lowest BCUT2D eigenvalue weighted by Crippen LogP contribution is -2.08. The number of methoxy groups -OCH3 is 1. The van der Waals surface area contributed by atoms with Crippen LogP contribution in [-0.2, 0) is 9.53 Å². The molecule has 1 atom stereocenters. The molecule has 0 aliphatic heterocycles. The van der Waals surface area contributed by atoms with Gasteiger partial charge in [0.05, 0.1) is 7.11 Å². The van der Waals surface area contributed by atoms with E-state index in [0.29, 0.717) is 0 Å². The van der Waals surface area contributed by atoms with E-state index in [-0.39, 0.29) is 0 Å². The first-order valence-corrected chi connectivity index (χ1v) is 4.86. The van der Waals surface area contributed by atoms with Gasteiger partial charge in [0.1, 0.15) is 0 Å². The molecule has 0 saturated heterocycles. The minimum absolute atomic E-state index is 0.450. The zero-order chi connectivity index (χ0) is 9.84. The Labute approximate surface area is 90.0 Å². The highest BCUT2D eigenvalue weighted by Crippen LogP contribution is 2.28. The Hall–Kier alpha value is -0.540. The predicted octanol–water partition coefficient (Wildman–Crippen LogP) is 2.90. The Morgan fingerprint density at radius 2 is 2.15 bits per heavy atom. The number of carbonyl (C=O) groups excluding carboxylic acids is 1. The van der Waals surface area contributed by atoms with Gasteiger partial charge in [0, 0.05) is 4.47 Å². The number of hydrogen-bond donors (Lipinski definition) is 0. The van der Waals surface area contributed by atoms with E-state index < -0.39 is 11.3 Å². The van der Waals surface area contributed by atoms with Gasteiger partial charge in [0.25, 0.3) is 0 Å². The molecule has 0 spiro atoms. The highest BCUT2D eigenvalue weighted by atomic mass is 79.9. The molecule has 13 heavy (non-hydrogen) atoms. The Morgan fingerprint density at radius 3 is 2.69 bits per heavy atom. The van der Waals surface area contributed by atoms with Crippen molar-refractivity contribution in [3.05, 3.63) is 34.3 Å². The lowest BCUT2D eigenvalue weighted by atomic mass is 10.1. The average molecular weight is 264 g/mol. The van der Waals surface area contributed by atoms with Crippen molar-refractivity contribution in [2.45, 2.75) is 5.38 Å². The maximum atomic E-state index is 11.1. The number of carbonyl (C=O) groups is 1. The van der Waals surface area contributed by atoms with Crippen molar-refractivity contribution in [3.8, 4) is 0 Å². The van der Waals surface area contributed by atoms with Crippen LogP contribution in [0.5, 0.6) is 0 Å². The minimum Gasteiger partial charge on any atom is -0.468 e. The molecule has 0 heterocycles. The first kappa shape index (κ1) is 10.5. The molecule has 1 rings (SSSR count). The van der Waals surface area contributed by atoms with E-state index in [4.69, 9.17) is 11.6 Å². The van der Waals surface area contributed by atoms with Crippen molar-refractivity contribution in [1.29, 1.82) is 0 Å². The zero-order valence-electron chi connectivity index (χ0n) is 6.96. The van der Waals surface area contributed by atoms with E-state index in [2.05, 4.69) is 20.7 Å². The van der Waals surface area contributed by atoms with Crippen LogP contribution in [0.4, 0.5) is 0 Å². The van der Waals surface area contributed by atoms with Gasteiger partial charge in [-0.1, -0.05) is 34.1 Å². The van der Waals surface area contributed by atoms with Crippen LogP contribution in [-0.4, -0.2) is 13.1 Å². The van der Waals surface area contributed by atoms with Crippen molar-refractivity contribution in [2.75, 3.05) is 7.11 Å². The second-order valence-electron chi connectivity index (χ2n) is 2.41. The Bertz CT molecular complexity index is 314. The number of esters is 1. The summed E-state index contributed by atoms with van der Waals surface area (Å²) in [6.45, 7) is 0. The first-order chi connectivity index (χ1) is 6.16. The van der Waals surface area contributed by atoms with Crippen LogP contribution in [0, 0.1) is 0 Å². The first-order valence-electron chi connectivity index (χ1n) is 3.63. The Morgan fingerprint density at radius 1 is 1.54 bits per heavy atom. The monoisotopic (exact) mass is 262 g/mol. The molecule has 4 heteroatoms. The summed E-state index contributed by atoms with van der Waals surface area (Å²) in [5.74, 6) is -0.450. The van der Waals surface area contributed by atoms with Crippen molar-refractivity contribution in [3.63, 3.8) is 0 Å². The SMILES string of the molecule is COC(=O)[C@H](Cl)c1ccccc1Br. The Kier molecular flexibility index (Phi) is 3.75. The fourth-order valence-electron chi connectivity index (χ4n) is 0.911. The average Bonchev–Trinajstić information content (AvgIpc) is 2.16. The summed E-state index contributed by atoms with van der Waals surface area (Å²) in [5, 5.41) is -0.749. The zero-order valence-corrected chi connectivity index (χ0v) is 9.30. The third kappa shape index (κ3) is 2.45. The van der Waals surface area contributed by atoms with Crippen LogP contribution in [0.15, 0.2) is 28.7 Å². The summed E-state index contributed by atoms with van der Waals surface area (Å²) in [5.41, 5.74) is 0.719. The third-order valence-corrected chi connectivity index (χ3v) is 2.72. The topological polar surface area (TPSA) is 26.3 Å². The van der Waals surface area contributed by atoms with E-state index in [1.165, 1.54) is 7.11 Å². The molecule has 0 aliphatic carbocycles. The van der Waals surface area contributed by atoms with Gasteiger partial charge in [0.2, 0.25) is 0 Å². The van der Waals surface area contributed by atoms with E-state index in [1.807, 2.05) is 18.2 Å². The Balaban J connectivity index is 2.95. The quantitative estimate of drug-likeness (QED) is 0.606. The number of alkyl halides is 1. The van der Waals surface area contributed by atoms with Gasteiger partial charge >= 0.3 is 5.97 Å². The molecule has 0 bridgehead atoms. The van der Waals surface area contributed by atoms with Gasteiger partial charge in [-0.25, -0.2) is 0 Å². The summed E-state index contributed by atoms with van der Waals surface area (Å²) in [4.78, 5) is 11.1. The molecule has 0 aromatic heterocycles. The minimum atomic E-state index is -0.749. The summed E-state index contributed by atoms with van der Waals surface area (Å²) in [6.07, 6.45) is 0. The van der Waals surface area contributed by atoms with Crippen LogP contribution in [0.3, 0.4) is 0 Å². The van der Waals surface area contributed by atoms with Gasteiger partial charge in [-0.15, -0.1) is 11.6 Å². The largest absolute Gasteiger partial charge is 0.468 e. The van der Waals surface area contributed by atoms with E-state index in [9.17, 15) is 4.79 Å². The smallest absolute Gasteiger partial charge is 0.328 e. The molecule has 1 aromatic rings. The summed E-state index contributed by atoms with van der Waals surface area (Å²) >= 11 is 9.16. The lowest BCUT2D eigenvalue weighted by molar-refractivity contribution is -0.140. The highest BCUT2D eigenvalue weighted by Gasteiger charge is 2.19. The van der Waals surface area contributed by atoms with Crippen molar-refractivity contribution in [2.24, 2.45) is 0 Å². The van der Waals surface area contributed by atoms with Crippen LogP contribution >= 0.6 is 27.5 Å². The van der Waals surface area contributed by atoms with Gasteiger partial charge in [-0.05, 0) is 11.6 Å². The van der Waals surface area contributed by atoms with Crippen molar-refractivity contribution in [1.82, 2.24) is 0 Å². The van der Waals surface area contributed by atoms with Gasteiger partial charge in [-0.2, -0.15) is 0 Å². The van der Waals surface area contributed by atoms with E-state index in [0.717, 1.165) is 10.0 Å². The highest BCUT2D eigenvalue weighted by molar-refractivity contribution is 9.10. The number of halogens is 2. The van der Waals surface area contributed by atoms with Gasteiger partial charge in [-0.3, -0.25) is 4.79 Å². The van der Waals surface area contributed by atoms with E-state index in [1.54, 1.807) is 6.07 Å². The van der Waals surface area contributed by atoms with Crippen LogP contribution < -0.4 is 0 Å². The fraction of sp³-hybridized carbons (Fsp3) is 0.222. The number of ether oxygens (including phenoxy) is 1. The molecule has 0 radical (unpaired) electrons. The maximum Gasteiger partial charge on any atom is 0.328 e. The predicted molar refractivity (Wildman–Crippen MR) is 54.8 cm³/mol. The molecule has 0 aliphatic rings. The number of rotatable bonds is 2. The normalized spacial score (nSPS) is 12.2. The summed E-state index contributed by atoms with van der Waals surface area (Å²) in [6, 6.07) is 7.28. The van der Waals surface area contributed by atoms with Crippen LogP contribution in [0.2, 0.25) is 0 Å². The second kappa shape index (κ2) is 4.63. The molecule has 0 N–H and O–H groups in total. The maximum absolute atomic E-state index is 11.1. The molecular weight excluding hydrogens is 255 g/mol. The van der Waals surface area contributed by atoms with Gasteiger partial charge < -0.3 is 4.74 Å². The molecule has 2 nitrogen and oxygen atoms in total. The van der Waals surface area contributed by atoms with E-state index >= 15 is 0 Å². The van der Waals surface area contributed by atoms with Crippen LogP contribution in [0.25, 0.3) is 0 Å². The van der Waals surface area contributed by atoms with Gasteiger partial charge in [0.15, 0.2) is 5.38 Å². The molecule has 0 saturated carbocycles. The molecule has 1 aromatic carbocycles. The molecule has 0 amide bonds. The van der Waals surface area contributed by atoms with Crippen molar-refractivity contribution < 1.29 is 9.53 Å². The standard InChI is InChI=1S/C9H8BrClO2/c1-13-9(12)8(11)6-4-2-3-5-7(6)10/h2-5,8H,1H3/t8-/m1/s1. The lowest BCUT2D eigenvalue weighted by Gasteiger charge is -2.08. The third-order valence-electron chi connectivity index (χ3n) is 1.59. The second-order valence-corrected chi connectivity index (χ2v) is 3.70. The summed E-state index contributed by atoms with van der Waals surface area (Å²) < 4.78 is 5.34. The number of benzene rings is 1. The molecule has 0 unspecified atom stereocenters. The molecule has 0 fully saturated rings.